The van der Waals surface area contributed by atoms with Crippen molar-refractivity contribution in [2.24, 2.45) is 0 Å². The van der Waals surface area contributed by atoms with Gasteiger partial charge in [0.15, 0.2) is 0 Å². The van der Waals surface area contributed by atoms with Gasteiger partial charge in [-0.25, -0.2) is 0 Å². The lowest BCUT2D eigenvalue weighted by atomic mass is 9.99. The van der Waals surface area contributed by atoms with Crippen LogP contribution < -0.4 is 0 Å². The summed E-state index contributed by atoms with van der Waals surface area (Å²) in [5.74, 6) is 0. The van der Waals surface area contributed by atoms with Gasteiger partial charge in [0.25, 0.3) is 0 Å². The molecule has 4 nitrogen and oxygen atoms in total. The predicted octanol–water partition coefficient (Wildman–Crippen LogP) is 3.48. The summed E-state index contributed by atoms with van der Waals surface area (Å²) in [5, 5.41) is 4.42. The summed E-state index contributed by atoms with van der Waals surface area (Å²) in [5.41, 5.74) is 2.41. The summed E-state index contributed by atoms with van der Waals surface area (Å²) >= 11 is 1.78. The average molecular weight is 344 g/mol. The Balaban J connectivity index is 1.23. The second-order valence-corrected chi connectivity index (χ2v) is 7.45. The maximum Gasteiger partial charge on any atom is 0.0889 e. The van der Waals surface area contributed by atoms with Gasteiger partial charge in [-0.3, -0.25) is 9.88 Å². The van der Waals surface area contributed by atoms with E-state index < -0.39 is 0 Å². The van der Waals surface area contributed by atoms with Gasteiger partial charge in [0.05, 0.1) is 31.1 Å². The molecule has 5 heteroatoms. The third-order valence-corrected chi connectivity index (χ3v) is 5.73. The van der Waals surface area contributed by atoms with Crippen LogP contribution in [-0.4, -0.2) is 41.3 Å². The van der Waals surface area contributed by atoms with Gasteiger partial charge in [0.2, 0.25) is 0 Å². The number of hydrogen-bond acceptors (Lipinski definition) is 5. The highest BCUT2D eigenvalue weighted by Crippen LogP contribution is 2.32. The van der Waals surface area contributed by atoms with Crippen LogP contribution in [0.5, 0.6) is 0 Å². The Morgan fingerprint density at radius 3 is 3.08 bits per heavy atom. The maximum atomic E-state index is 6.31. The van der Waals surface area contributed by atoms with E-state index in [2.05, 4.69) is 26.7 Å². The van der Waals surface area contributed by atoms with E-state index in [9.17, 15) is 0 Å². The number of rotatable bonds is 6. The zero-order chi connectivity index (χ0) is 16.2. The van der Waals surface area contributed by atoms with Crippen LogP contribution in [0.1, 0.15) is 30.5 Å². The molecule has 2 saturated heterocycles. The number of pyridine rings is 1. The molecule has 0 radical (unpaired) electrons. The normalized spacial score (nSPS) is 27.2. The van der Waals surface area contributed by atoms with E-state index >= 15 is 0 Å². The first-order valence-electron chi connectivity index (χ1n) is 8.77. The van der Waals surface area contributed by atoms with Gasteiger partial charge >= 0.3 is 0 Å². The highest BCUT2D eigenvalue weighted by molar-refractivity contribution is 7.07. The first kappa shape index (κ1) is 16.2. The van der Waals surface area contributed by atoms with Crippen molar-refractivity contribution in [2.75, 3.05) is 13.2 Å². The molecule has 0 N–H and O–H groups in total. The van der Waals surface area contributed by atoms with E-state index in [1.807, 2.05) is 18.2 Å². The molecule has 2 aromatic heterocycles. The zero-order valence-corrected chi connectivity index (χ0v) is 14.7. The van der Waals surface area contributed by atoms with Crippen LogP contribution in [0.4, 0.5) is 0 Å². The van der Waals surface area contributed by atoms with Crippen molar-refractivity contribution in [3.05, 3.63) is 52.5 Å². The number of hydrogen-bond donors (Lipinski definition) is 0. The SMILES string of the molecule is c1ccc(COC[C@H]2CC[C@H]3[C@H](CCN3Cc3ccsc3)O2)nc1. The molecular formula is C19H24N2O2S. The topological polar surface area (TPSA) is 34.6 Å². The van der Waals surface area contributed by atoms with Crippen molar-refractivity contribution in [2.45, 2.75) is 50.7 Å². The van der Waals surface area contributed by atoms with Crippen LogP contribution >= 0.6 is 11.3 Å². The fraction of sp³-hybridized carbons (Fsp3) is 0.526. The highest BCUT2D eigenvalue weighted by Gasteiger charge is 2.39. The Morgan fingerprint density at radius 1 is 1.25 bits per heavy atom. The summed E-state index contributed by atoms with van der Waals surface area (Å²) in [6.07, 6.45) is 5.86. The Labute approximate surface area is 147 Å². The molecule has 0 aromatic carbocycles. The number of aromatic nitrogens is 1. The van der Waals surface area contributed by atoms with E-state index in [1.54, 1.807) is 17.5 Å². The minimum Gasteiger partial charge on any atom is -0.372 e. The van der Waals surface area contributed by atoms with Gasteiger partial charge in [-0.05, 0) is 53.8 Å². The molecule has 3 atom stereocenters. The van der Waals surface area contributed by atoms with Crippen molar-refractivity contribution < 1.29 is 9.47 Å². The van der Waals surface area contributed by atoms with E-state index in [-0.39, 0.29) is 6.10 Å². The Hall–Kier alpha value is -1.27. The van der Waals surface area contributed by atoms with Gasteiger partial charge in [-0.2, -0.15) is 11.3 Å². The summed E-state index contributed by atoms with van der Waals surface area (Å²) < 4.78 is 12.1. The monoisotopic (exact) mass is 344 g/mol. The van der Waals surface area contributed by atoms with Crippen molar-refractivity contribution in [1.29, 1.82) is 0 Å². The highest BCUT2D eigenvalue weighted by atomic mass is 32.1. The van der Waals surface area contributed by atoms with Crippen molar-refractivity contribution in [1.82, 2.24) is 9.88 Å². The molecule has 2 fully saturated rings. The predicted molar refractivity (Wildman–Crippen MR) is 94.9 cm³/mol. The molecule has 4 rings (SSSR count). The average Bonchev–Trinajstić information content (AvgIpc) is 3.26. The number of ether oxygens (including phenoxy) is 2. The molecule has 0 aliphatic carbocycles. The summed E-state index contributed by atoms with van der Waals surface area (Å²) in [6.45, 7) is 3.45. The van der Waals surface area contributed by atoms with Crippen LogP contribution in [0.2, 0.25) is 0 Å². The first-order chi connectivity index (χ1) is 11.9. The number of fused-ring (bicyclic) bond motifs is 1. The summed E-state index contributed by atoms with van der Waals surface area (Å²) in [7, 11) is 0. The third-order valence-electron chi connectivity index (χ3n) is 5.00. The molecule has 0 bridgehead atoms. The minimum absolute atomic E-state index is 0.232. The first-order valence-corrected chi connectivity index (χ1v) is 9.71. The lowest BCUT2D eigenvalue weighted by Crippen LogP contribution is -2.43. The molecule has 0 saturated carbocycles. The number of thiophene rings is 1. The molecule has 4 heterocycles. The van der Waals surface area contributed by atoms with Gasteiger partial charge in [-0.1, -0.05) is 6.07 Å². The van der Waals surface area contributed by atoms with Crippen LogP contribution in [0.25, 0.3) is 0 Å². The fourth-order valence-electron chi connectivity index (χ4n) is 3.80. The summed E-state index contributed by atoms with van der Waals surface area (Å²) in [4.78, 5) is 6.88. The van der Waals surface area contributed by atoms with Crippen molar-refractivity contribution in [3.8, 4) is 0 Å². The third kappa shape index (κ3) is 3.86. The molecule has 2 aliphatic heterocycles. The summed E-state index contributed by atoms with van der Waals surface area (Å²) in [6, 6.07) is 8.73. The Bertz CT molecular complexity index is 620. The molecule has 0 unspecified atom stereocenters. The Kier molecular flexibility index (Phi) is 5.23. The zero-order valence-electron chi connectivity index (χ0n) is 13.8. The van der Waals surface area contributed by atoms with Crippen molar-refractivity contribution in [3.63, 3.8) is 0 Å². The molecule has 0 spiro atoms. The van der Waals surface area contributed by atoms with Crippen LogP contribution in [-0.2, 0) is 22.6 Å². The van der Waals surface area contributed by atoms with Gasteiger partial charge in [-0.15, -0.1) is 0 Å². The molecule has 128 valence electrons. The standard InChI is InChI=1S/C19H24N2O2S/c1-2-8-20-16(3-1)12-22-13-17-4-5-18-19(23-17)6-9-21(18)11-15-7-10-24-14-15/h1-3,7-8,10,14,17-19H,4-6,9,11-13H2/t17-,18+,19+/m1/s1. The van der Waals surface area contributed by atoms with E-state index in [0.29, 0.717) is 25.4 Å². The fourth-order valence-corrected chi connectivity index (χ4v) is 4.46. The lowest BCUT2D eigenvalue weighted by molar-refractivity contribution is -0.102. The largest absolute Gasteiger partial charge is 0.372 e. The number of nitrogens with zero attached hydrogens (tertiary/aromatic N) is 2. The van der Waals surface area contributed by atoms with Gasteiger partial charge < -0.3 is 9.47 Å². The maximum absolute atomic E-state index is 6.31. The van der Waals surface area contributed by atoms with E-state index in [4.69, 9.17) is 9.47 Å². The van der Waals surface area contributed by atoms with E-state index in [1.165, 1.54) is 12.0 Å². The van der Waals surface area contributed by atoms with E-state index in [0.717, 1.165) is 31.6 Å². The molecular weight excluding hydrogens is 320 g/mol. The quantitative estimate of drug-likeness (QED) is 0.803. The minimum atomic E-state index is 0.232. The van der Waals surface area contributed by atoms with Crippen LogP contribution in [0.3, 0.4) is 0 Å². The molecule has 24 heavy (non-hydrogen) atoms. The van der Waals surface area contributed by atoms with Crippen LogP contribution in [0, 0.1) is 0 Å². The van der Waals surface area contributed by atoms with Crippen molar-refractivity contribution >= 4 is 11.3 Å². The molecule has 0 amide bonds. The Morgan fingerprint density at radius 2 is 2.25 bits per heavy atom. The van der Waals surface area contributed by atoms with Gasteiger partial charge in [0, 0.05) is 25.3 Å². The molecule has 2 aliphatic rings. The lowest BCUT2D eigenvalue weighted by Gasteiger charge is -2.36. The smallest absolute Gasteiger partial charge is 0.0889 e. The second kappa shape index (κ2) is 7.74. The van der Waals surface area contributed by atoms with Crippen LogP contribution in [0.15, 0.2) is 41.2 Å². The second-order valence-electron chi connectivity index (χ2n) is 6.67. The molecule has 2 aromatic rings. The number of likely N-dealkylation sites (tertiary alicyclic amines) is 1. The van der Waals surface area contributed by atoms with Gasteiger partial charge in [0.1, 0.15) is 0 Å².